The number of para-hydroxylation sites is 1. The van der Waals surface area contributed by atoms with E-state index in [1.807, 2.05) is 30.3 Å². The normalized spacial score (nSPS) is 11.3. The molecular weight excluding hydrogens is 365 g/mol. The van der Waals surface area contributed by atoms with Crippen molar-refractivity contribution in [1.82, 2.24) is 5.43 Å². The molecule has 0 fully saturated rings. The number of phenolic OH excluding ortho intramolecular Hbond substituents is 1. The van der Waals surface area contributed by atoms with E-state index < -0.39 is 17.9 Å². The Morgan fingerprint density at radius 2 is 1.82 bits per heavy atom. The molecule has 0 aliphatic rings. The van der Waals surface area contributed by atoms with Crippen LogP contribution in [0.5, 0.6) is 11.5 Å². The Morgan fingerprint density at radius 3 is 2.45 bits per heavy atom. The standard InChI is InChI=1S/C14H12BrF3N2O2/c15-10-6-9(8-19-20-11-4-2-1-3-5-11)13(21)12(7-10)22-14(16,17)18/h1-7,19-21H,8H2. The van der Waals surface area contributed by atoms with Crippen molar-refractivity contribution >= 4 is 21.6 Å². The van der Waals surface area contributed by atoms with Crippen molar-refractivity contribution in [2.75, 3.05) is 5.43 Å². The number of anilines is 1. The number of nitrogens with one attached hydrogen (secondary N) is 2. The number of benzene rings is 2. The van der Waals surface area contributed by atoms with Gasteiger partial charge in [0, 0.05) is 22.3 Å². The molecule has 0 heterocycles. The van der Waals surface area contributed by atoms with E-state index in [2.05, 4.69) is 31.5 Å². The number of ether oxygens (including phenoxy) is 1. The van der Waals surface area contributed by atoms with Crippen LogP contribution in [0.2, 0.25) is 0 Å². The van der Waals surface area contributed by atoms with Gasteiger partial charge in [-0.15, -0.1) is 13.2 Å². The predicted octanol–water partition coefficient (Wildman–Crippen LogP) is 4.17. The lowest BCUT2D eigenvalue weighted by Crippen LogP contribution is -2.21. The average molecular weight is 377 g/mol. The van der Waals surface area contributed by atoms with Gasteiger partial charge in [0.05, 0.1) is 0 Å². The molecule has 0 saturated heterocycles. The molecule has 22 heavy (non-hydrogen) atoms. The summed E-state index contributed by atoms with van der Waals surface area (Å²) in [5, 5.41) is 9.86. The predicted molar refractivity (Wildman–Crippen MR) is 79.4 cm³/mol. The second kappa shape index (κ2) is 6.89. The Morgan fingerprint density at radius 1 is 1.14 bits per heavy atom. The molecule has 8 heteroatoms. The lowest BCUT2D eigenvalue weighted by atomic mass is 10.2. The summed E-state index contributed by atoms with van der Waals surface area (Å²) in [5.41, 5.74) is 6.71. The fraction of sp³-hybridized carbons (Fsp3) is 0.143. The summed E-state index contributed by atoms with van der Waals surface area (Å²) >= 11 is 3.08. The molecule has 0 spiro atoms. The summed E-state index contributed by atoms with van der Waals surface area (Å²) in [6, 6.07) is 11.7. The largest absolute Gasteiger partial charge is 0.573 e. The summed E-state index contributed by atoms with van der Waals surface area (Å²) in [7, 11) is 0. The van der Waals surface area contributed by atoms with E-state index in [1.54, 1.807) is 0 Å². The number of alkyl halides is 3. The maximum Gasteiger partial charge on any atom is 0.573 e. The van der Waals surface area contributed by atoms with Gasteiger partial charge in [-0.2, -0.15) is 0 Å². The van der Waals surface area contributed by atoms with E-state index >= 15 is 0 Å². The van der Waals surface area contributed by atoms with Gasteiger partial charge >= 0.3 is 6.36 Å². The first-order valence-corrected chi connectivity index (χ1v) is 6.95. The highest BCUT2D eigenvalue weighted by Crippen LogP contribution is 2.37. The fourth-order valence-corrected chi connectivity index (χ4v) is 2.21. The number of hydrogen-bond acceptors (Lipinski definition) is 4. The molecule has 118 valence electrons. The molecule has 0 unspecified atom stereocenters. The minimum Gasteiger partial charge on any atom is -0.504 e. The number of halogens is 4. The highest BCUT2D eigenvalue weighted by molar-refractivity contribution is 9.10. The minimum absolute atomic E-state index is 0.0917. The fourth-order valence-electron chi connectivity index (χ4n) is 1.73. The number of aromatic hydroxyl groups is 1. The van der Waals surface area contributed by atoms with Crippen LogP contribution in [0.25, 0.3) is 0 Å². The van der Waals surface area contributed by atoms with E-state index in [0.717, 1.165) is 11.8 Å². The molecule has 0 aliphatic carbocycles. The van der Waals surface area contributed by atoms with Crippen molar-refractivity contribution in [3.63, 3.8) is 0 Å². The lowest BCUT2D eigenvalue weighted by Gasteiger charge is -2.14. The van der Waals surface area contributed by atoms with Gasteiger partial charge in [-0.05, 0) is 24.3 Å². The average Bonchev–Trinajstić information content (AvgIpc) is 2.43. The van der Waals surface area contributed by atoms with E-state index in [0.29, 0.717) is 4.47 Å². The Hall–Kier alpha value is -1.93. The molecule has 0 atom stereocenters. The van der Waals surface area contributed by atoms with Crippen molar-refractivity contribution in [1.29, 1.82) is 0 Å². The second-order valence-corrected chi connectivity index (χ2v) is 5.22. The van der Waals surface area contributed by atoms with Gasteiger partial charge in [-0.25, -0.2) is 5.43 Å². The molecule has 2 aromatic rings. The minimum atomic E-state index is -4.87. The molecule has 0 aliphatic heterocycles. The van der Waals surface area contributed by atoms with Crippen LogP contribution < -0.4 is 15.6 Å². The zero-order chi connectivity index (χ0) is 16.2. The van der Waals surface area contributed by atoms with Gasteiger partial charge < -0.3 is 15.3 Å². The third-order valence-corrected chi connectivity index (χ3v) is 3.09. The van der Waals surface area contributed by atoms with Crippen LogP contribution in [0.4, 0.5) is 18.9 Å². The molecule has 2 rings (SSSR count). The van der Waals surface area contributed by atoms with Crippen LogP contribution in [0.3, 0.4) is 0 Å². The molecule has 0 bridgehead atoms. The third-order valence-electron chi connectivity index (χ3n) is 2.63. The van der Waals surface area contributed by atoms with Crippen LogP contribution in [-0.4, -0.2) is 11.5 Å². The van der Waals surface area contributed by atoms with Gasteiger partial charge in [0.1, 0.15) is 0 Å². The van der Waals surface area contributed by atoms with Gasteiger partial charge in [-0.1, -0.05) is 34.1 Å². The third kappa shape index (κ3) is 4.81. The molecule has 0 aromatic heterocycles. The second-order valence-electron chi connectivity index (χ2n) is 4.30. The van der Waals surface area contributed by atoms with Gasteiger partial charge in [0.2, 0.25) is 0 Å². The van der Waals surface area contributed by atoms with Crippen molar-refractivity contribution < 1.29 is 23.0 Å². The molecule has 0 saturated carbocycles. The molecule has 0 amide bonds. The Bertz CT molecular complexity index is 636. The van der Waals surface area contributed by atoms with Crippen molar-refractivity contribution in [2.45, 2.75) is 12.9 Å². The zero-order valence-corrected chi connectivity index (χ0v) is 12.7. The number of phenols is 1. The van der Waals surface area contributed by atoms with Crippen molar-refractivity contribution in [2.24, 2.45) is 0 Å². The zero-order valence-electron chi connectivity index (χ0n) is 11.1. The highest BCUT2D eigenvalue weighted by atomic mass is 79.9. The molecule has 2 aromatic carbocycles. The van der Waals surface area contributed by atoms with Crippen LogP contribution in [0.1, 0.15) is 5.56 Å². The van der Waals surface area contributed by atoms with Gasteiger partial charge in [0.15, 0.2) is 11.5 Å². The van der Waals surface area contributed by atoms with Crippen molar-refractivity contribution in [3.8, 4) is 11.5 Å². The van der Waals surface area contributed by atoms with Crippen LogP contribution >= 0.6 is 15.9 Å². The Balaban J connectivity index is 2.07. The van der Waals surface area contributed by atoms with Crippen LogP contribution in [0, 0.1) is 0 Å². The number of hydrazine groups is 1. The smallest absolute Gasteiger partial charge is 0.504 e. The summed E-state index contributed by atoms with van der Waals surface area (Å²) in [6.07, 6.45) is -4.87. The van der Waals surface area contributed by atoms with E-state index in [4.69, 9.17) is 0 Å². The maximum absolute atomic E-state index is 12.3. The summed E-state index contributed by atoms with van der Waals surface area (Å²) in [6.45, 7) is 0.0917. The van der Waals surface area contributed by atoms with E-state index in [9.17, 15) is 18.3 Å². The molecule has 4 nitrogen and oxygen atoms in total. The van der Waals surface area contributed by atoms with E-state index in [1.165, 1.54) is 6.07 Å². The van der Waals surface area contributed by atoms with Crippen LogP contribution in [-0.2, 0) is 6.54 Å². The first-order valence-electron chi connectivity index (χ1n) is 6.16. The molecule has 3 N–H and O–H groups in total. The summed E-state index contributed by atoms with van der Waals surface area (Å²) < 4.78 is 41.0. The topological polar surface area (TPSA) is 53.5 Å². The highest BCUT2D eigenvalue weighted by Gasteiger charge is 2.32. The molecular formula is C14H12BrF3N2O2. The SMILES string of the molecule is Oc1c(CNNc2ccccc2)cc(Br)cc1OC(F)(F)F. The quantitative estimate of drug-likeness (QED) is 0.685. The van der Waals surface area contributed by atoms with Gasteiger partial charge in [0.25, 0.3) is 0 Å². The van der Waals surface area contributed by atoms with Crippen molar-refractivity contribution in [3.05, 3.63) is 52.5 Å². The summed E-state index contributed by atoms with van der Waals surface area (Å²) in [4.78, 5) is 0. The van der Waals surface area contributed by atoms with Crippen LogP contribution in [0.15, 0.2) is 46.9 Å². The number of rotatable bonds is 5. The first kappa shape index (κ1) is 16.4. The maximum atomic E-state index is 12.3. The van der Waals surface area contributed by atoms with Gasteiger partial charge in [-0.3, -0.25) is 0 Å². The first-order chi connectivity index (χ1) is 10.3. The molecule has 0 radical (unpaired) electrons. The monoisotopic (exact) mass is 376 g/mol. The Labute approximate surface area is 133 Å². The summed E-state index contributed by atoms with van der Waals surface area (Å²) in [5.74, 6) is -1.22. The number of hydrogen-bond donors (Lipinski definition) is 3. The lowest BCUT2D eigenvalue weighted by molar-refractivity contribution is -0.275. The van der Waals surface area contributed by atoms with E-state index in [-0.39, 0.29) is 12.1 Å². The Kier molecular flexibility index (Phi) is 5.15.